The van der Waals surface area contributed by atoms with Crippen molar-refractivity contribution in [1.29, 1.82) is 0 Å². The van der Waals surface area contributed by atoms with Gasteiger partial charge in [0.15, 0.2) is 0 Å². The Morgan fingerprint density at radius 1 is 1.50 bits per heavy atom. The molecule has 2 N–H and O–H groups in total. The van der Waals surface area contributed by atoms with Crippen LogP contribution in [0.25, 0.3) is 0 Å². The maximum atomic E-state index is 5.89. The van der Waals surface area contributed by atoms with Crippen LogP contribution < -0.4 is 5.73 Å². The van der Waals surface area contributed by atoms with Gasteiger partial charge in [0.05, 0.1) is 0 Å². The number of aliphatic imine (C=N–C) groups is 1. The van der Waals surface area contributed by atoms with E-state index < -0.39 is 7.26 Å². The zero-order valence-electron chi connectivity index (χ0n) is 9.81. The summed E-state index contributed by atoms with van der Waals surface area (Å²) in [7, 11) is 0.600. The monoisotopic (exact) mass is 212 g/mol. The van der Waals surface area contributed by atoms with Gasteiger partial charge in [-0.2, -0.15) is 0 Å². The summed E-state index contributed by atoms with van der Waals surface area (Å²) in [5.41, 5.74) is 9.15. The van der Waals surface area contributed by atoms with Gasteiger partial charge in [-0.25, -0.2) is 0 Å². The summed E-state index contributed by atoms with van der Waals surface area (Å²) in [6, 6.07) is 0. The minimum atomic E-state index is -1.24. The molecule has 0 spiro atoms. The molecule has 14 heavy (non-hydrogen) atoms. The first-order valence-electron chi connectivity index (χ1n) is 4.99. The van der Waals surface area contributed by atoms with E-state index in [1.165, 1.54) is 10.9 Å². The van der Waals surface area contributed by atoms with Crippen LogP contribution in [0.1, 0.15) is 13.8 Å². The SMILES string of the molecule is C/N=C1/C=C(C)[PH](C)(C)C/C1=C(\C)N. The van der Waals surface area contributed by atoms with E-state index in [0.29, 0.717) is 0 Å². The standard InChI is InChI=1S/C11H21N2P/c1-8-6-11(13-3)10(9(2)12)7-14(8,4)5/h6,14H,7,12H2,1-5H3/b10-9-,13-11-. The van der Waals surface area contributed by atoms with Gasteiger partial charge in [0.25, 0.3) is 0 Å². The molecule has 3 heteroatoms. The average Bonchev–Trinajstić information content (AvgIpc) is 2.08. The second kappa shape index (κ2) is 3.86. The van der Waals surface area contributed by atoms with E-state index in [-0.39, 0.29) is 0 Å². The molecule has 0 aromatic carbocycles. The molecule has 2 nitrogen and oxygen atoms in total. The van der Waals surface area contributed by atoms with E-state index in [2.05, 4.69) is 31.3 Å². The summed E-state index contributed by atoms with van der Waals surface area (Å²) in [5.74, 6) is 0. The van der Waals surface area contributed by atoms with E-state index in [4.69, 9.17) is 5.73 Å². The van der Waals surface area contributed by atoms with Gasteiger partial charge >= 0.3 is 86.7 Å². The number of hydrogen-bond donors (Lipinski definition) is 1. The predicted octanol–water partition coefficient (Wildman–Crippen LogP) is 2.22. The van der Waals surface area contributed by atoms with E-state index in [1.54, 1.807) is 0 Å². The van der Waals surface area contributed by atoms with Gasteiger partial charge in [0.1, 0.15) is 0 Å². The van der Waals surface area contributed by atoms with Crippen LogP contribution in [0.15, 0.2) is 27.7 Å². The Morgan fingerprint density at radius 3 is 2.50 bits per heavy atom. The maximum absolute atomic E-state index is 5.89. The van der Waals surface area contributed by atoms with Gasteiger partial charge in [0.2, 0.25) is 0 Å². The van der Waals surface area contributed by atoms with Crippen LogP contribution in [0.5, 0.6) is 0 Å². The quantitative estimate of drug-likeness (QED) is 0.614. The molecule has 0 bridgehead atoms. The first-order chi connectivity index (χ1) is 6.38. The number of rotatable bonds is 0. The molecular formula is C11H21N2P. The van der Waals surface area contributed by atoms with Crippen molar-refractivity contribution in [3.8, 4) is 0 Å². The second-order valence-electron chi connectivity index (χ2n) is 4.66. The molecule has 0 radical (unpaired) electrons. The van der Waals surface area contributed by atoms with Crippen molar-refractivity contribution < 1.29 is 0 Å². The van der Waals surface area contributed by atoms with Crippen LogP contribution >= 0.6 is 7.26 Å². The fraction of sp³-hybridized carbons (Fsp3) is 0.545. The molecule has 1 aliphatic rings. The second-order valence-corrected chi connectivity index (χ2v) is 9.57. The summed E-state index contributed by atoms with van der Waals surface area (Å²) in [4.78, 5) is 4.29. The Balaban J connectivity index is 3.25. The molecule has 0 fully saturated rings. The Hall–Kier alpha value is -0.620. The number of nitrogens with zero attached hydrogens (tertiary/aromatic N) is 1. The third-order valence-electron chi connectivity index (χ3n) is 3.07. The topological polar surface area (TPSA) is 38.4 Å². The fourth-order valence-corrected chi connectivity index (χ4v) is 3.85. The molecule has 0 aliphatic carbocycles. The number of nitrogens with two attached hydrogens (primary N) is 1. The van der Waals surface area contributed by atoms with Crippen molar-refractivity contribution in [2.75, 3.05) is 26.5 Å². The van der Waals surface area contributed by atoms with Crippen molar-refractivity contribution in [1.82, 2.24) is 0 Å². The van der Waals surface area contributed by atoms with Crippen molar-refractivity contribution in [2.24, 2.45) is 10.7 Å². The Morgan fingerprint density at radius 2 is 2.07 bits per heavy atom. The van der Waals surface area contributed by atoms with Crippen LogP contribution in [0, 0.1) is 0 Å². The Bertz CT molecular complexity index is 331. The molecule has 0 saturated carbocycles. The Labute approximate surface area is 87.3 Å². The molecule has 0 saturated heterocycles. The molecular weight excluding hydrogens is 191 g/mol. The fourth-order valence-electron chi connectivity index (χ4n) is 1.70. The molecule has 1 aliphatic heterocycles. The summed E-state index contributed by atoms with van der Waals surface area (Å²) in [6.45, 7) is 8.96. The molecule has 1 heterocycles. The van der Waals surface area contributed by atoms with Gasteiger partial charge in [-0.05, 0) is 0 Å². The van der Waals surface area contributed by atoms with Crippen LogP contribution in [0.4, 0.5) is 0 Å². The summed E-state index contributed by atoms with van der Waals surface area (Å²) >= 11 is 0. The first-order valence-corrected chi connectivity index (χ1v) is 8.20. The summed E-state index contributed by atoms with van der Waals surface area (Å²) < 4.78 is 0. The summed E-state index contributed by atoms with van der Waals surface area (Å²) in [6.07, 6.45) is 3.34. The number of allylic oxidation sites excluding steroid dienone is 4. The van der Waals surface area contributed by atoms with E-state index >= 15 is 0 Å². The molecule has 0 atom stereocenters. The van der Waals surface area contributed by atoms with Crippen LogP contribution in [-0.2, 0) is 0 Å². The molecule has 0 unspecified atom stereocenters. The molecule has 0 aromatic heterocycles. The van der Waals surface area contributed by atoms with Gasteiger partial charge in [-0.1, -0.05) is 0 Å². The molecule has 80 valence electrons. The Kier molecular flexibility index (Phi) is 3.16. The van der Waals surface area contributed by atoms with Gasteiger partial charge < -0.3 is 0 Å². The molecule has 0 amide bonds. The predicted molar refractivity (Wildman–Crippen MR) is 69.0 cm³/mol. The normalized spacial score (nSPS) is 29.8. The van der Waals surface area contributed by atoms with Crippen molar-refractivity contribution >= 4 is 13.0 Å². The van der Waals surface area contributed by atoms with E-state index in [9.17, 15) is 0 Å². The third kappa shape index (κ3) is 2.06. The van der Waals surface area contributed by atoms with Crippen molar-refractivity contribution in [2.45, 2.75) is 13.8 Å². The zero-order valence-corrected chi connectivity index (χ0v) is 10.8. The molecule has 0 aromatic rings. The van der Waals surface area contributed by atoms with Crippen LogP contribution in [-0.4, -0.2) is 32.3 Å². The van der Waals surface area contributed by atoms with E-state index in [1.807, 2.05) is 14.0 Å². The van der Waals surface area contributed by atoms with Crippen molar-refractivity contribution in [3.63, 3.8) is 0 Å². The van der Waals surface area contributed by atoms with E-state index in [0.717, 1.165) is 17.6 Å². The summed E-state index contributed by atoms with van der Waals surface area (Å²) in [5, 5.41) is 1.52. The first kappa shape index (κ1) is 11.5. The van der Waals surface area contributed by atoms with Gasteiger partial charge in [-0.3, -0.25) is 0 Å². The molecule has 1 rings (SSSR count). The number of hydrogen-bond acceptors (Lipinski definition) is 2. The van der Waals surface area contributed by atoms with Crippen molar-refractivity contribution in [3.05, 3.63) is 22.7 Å². The van der Waals surface area contributed by atoms with Gasteiger partial charge in [0, 0.05) is 0 Å². The van der Waals surface area contributed by atoms with Gasteiger partial charge in [-0.15, -0.1) is 0 Å². The van der Waals surface area contributed by atoms with Crippen LogP contribution in [0.3, 0.4) is 0 Å². The average molecular weight is 212 g/mol. The third-order valence-corrected chi connectivity index (χ3v) is 6.58. The zero-order chi connectivity index (χ0) is 10.9. The minimum absolute atomic E-state index is 0.926. The van der Waals surface area contributed by atoms with Crippen LogP contribution in [0.2, 0.25) is 0 Å².